The van der Waals surface area contributed by atoms with E-state index in [0.717, 1.165) is 13.1 Å². The zero-order valence-electron chi connectivity index (χ0n) is 12.0. The van der Waals surface area contributed by atoms with Gasteiger partial charge in [0, 0.05) is 12.6 Å². The van der Waals surface area contributed by atoms with Gasteiger partial charge >= 0.3 is 0 Å². The highest BCUT2D eigenvalue weighted by Crippen LogP contribution is 2.40. The van der Waals surface area contributed by atoms with E-state index in [4.69, 9.17) is 0 Å². The van der Waals surface area contributed by atoms with Crippen molar-refractivity contribution >= 4 is 0 Å². The van der Waals surface area contributed by atoms with Gasteiger partial charge in [-0.3, -0.25) is 0 Å². The van der Waals surface area contributed by atoms with Gasteiger partial charge in [0.05, 0.1) is 12.1 Å². The smallest absolute Gasteiger partial charge is 0.0628 e. The summed E-state index contributed by atoms with van der Waals surface area (Å²) in [5.74, 6) is 0.666. The summed E-state index contributed by atoms with van der Waals surface area (Å²) >= 11 is 0. The normalized spacial score (nSPS) is 19.9. The number of unbranched alkanes of at least 4 members (excludes halogenated alkanes) is 1. The zero-order valence-corrected chi connectivity index (χ0v) is 12.0. The molecule has 0 aromatic rings. The molecule has 2 N–H and O–H groups in total. The first-order valence-corrected chi connectivity index (χ1v) is 7.11. The largest absolute Gasteiger partial charge is 0.394 e. The van der Waals surface area contributed by atoms with Crippen LogP contribution in [0, 0.1) is 5.92 Å². The molecule has 0 aromatic heterocycles. The molecule has 1 atom stereocenters. The molecule has 1 aliphatic rings. The number of hydrogen-bond acceptors (Lipinski definition) is 3. The lowest BCUT2D eigenvalue weighted by Crippen LogP contribution is -2.59. The lowest BCUT2D eigenvalue weighted by molar-refractivity contribution is 0.0928. The average Bonchev–Trinajstić information content (AvgIpc) is 3.08. The molecule has 3 nitrogen and oxygen atoms in total. The van der Waals surface area contributed by atoms with Gasteiger partial charge in [-0.25, -0.2) is 0 Å². The standard InChI is InChI=1S/C14H30N2O/c1-5-6-9-16(4)10-14(11-17,13-7-8-13)15-12(2)3/h12-13,15,17H,5-11H2,1-4H3. The Bertz CT molecular complexity index is 216. The molecule has 3 heteroatoms. The Kier molecular flexibility index (Phi) is 5.90. The molecular weight excluding hydrogens is 212 g/mol. The molecule has 0 spiro atoms. The van der Waals surface area contributed by atoms with E-state index in [1.807, 2.05) is 0 Å². The van der Waals surface area contributed by atoms with Gasteiger partial charge in [0.15, 0.2) is 0 Å². The summed E-state index contributed by atoms with van der Waals surface area (Å²) in [6, 6.07) is 0.433. The van der Waals surface area contributed by atoms with Crippen molar-refractivity contribution in [3.63, 3.8) is 0 Å². The first kappa shape index (κ1) is 14.9. The predicted molar refractivity (Wildman–Crippen MR) is 73.2 cm³/mol. The average molecular weight is 242 g/mol. The van der Waals surface area contributed by atoms with E-state index < -0.39 is 0 Å². The van der Waals surface area contributed by atoms with Gasteiger partial charge in [0.1, 0.15) is 0 Å². The Morgan fingerprint density at radius 2 is 2.06 bits per heavy atom. The summed E-state index contributed by atoms with van der Waals surface area (Å²) in [5.41, 5.74) is -0.0728. The molecule has 1 unspecified atom stereocenters. The molecule has 1 fully saturated rings. The third-order valence-electron chi connectivity index (χ3n) is 3.66. The molecule has 17 heavy (non-hydrogen) atoms. The van der Waals surface area contributed by atoms with E-state index in [1.165, 1.54) is 25.7 Å². The Hall–Kier alpha value is -0.120. The van der Waals surface area contributed by atoms with E-state index >= 15 is 0 Å². The minimum atomic E-state index is -0.0728. The van der Waals surface area contributed by atoms with E-state index in [1.54, 1.807) is 0 Å². The predicted octanol–water partition coefficient (Wildman–Crippen LogP) is 1.86. The van der Waals surface area contributed by atoms with Gasteiger partial charge in [-0.05, 0) is 38.8 Å². The first-order valence-electron chi connectivity index (χ1n) is 7.11. The summed E-state index contributed by atoms with van der Waals surface area (Å²) in [6.45, 7) is 8.90. The van der Waals surface area contributed by atoms with Crippen LogP contribution in [0.2, 0.25) is 0 Å². The topological polar surface area (TPSA) is 35.5 Å². The number of aliphatic hydroxyl groups is 1. The van der Waals surface area contributed by atoms with Gasteiger partial charge in [0.25, 0.3) is 0 Å². The molecule has 0 bridgehead atoms. The molecule has 1 saturated carbocycles. The number of nitrogens with one attached hydrogen (secondary N) is 1. The van der Waals surface area contributed by atoms with E-state index in [-0.39, 0.29) is 12.1 Å². The fourth-order valence-electron chi connectivity index (χ4n) is 2.72. The van der Waals surface area contributed by atoms with Crippen molar-refractivity contribution in [1.29, 1.82) is 0 Å². The third kappa shape index (κ3) is 4.57. The highest BCUT2D eigenvalue weighted by atomic mass is 16.3. The van der Waals surface area contributed by atoms with Crippen molar-refractivity contribution in [3.8, 4) is 0 Å². The van der Waals surface area contributed by atoms with Crippen molar-refractivity contribution in [2.24, 2.45) is 5.92 Å². The van der Waals surface area contributed by atoms with Gasteiger partial charge in [-0.2, -0.15) is 0 Å². The van der Waals surface area contributed by atoms with Crippen LogP contribution in [-0.2, 0) is 0 Å². The van der Waals surface area contributed by atoms with Crippen molar-refractivity contribution in [2.75, 3.05) is 26.7 Å². The van der Waals surface area contributed by atoms with Crippen LogP contribution in [0.4, 0.5) is 0 Å². The van der Waals surface area contributed by atoms with Crippen molar-refractivity contribution in [3.05, 3.63) is 0 Å². The summed E-state index contributed by atoms with van der Waals surface area (Å²) in [5, 5.41) is 13.4. The lowest BCUT2D eigenvalue weighted by Gasteiger charge is -2.38. The maximum absolute atomic E-state index is 9.82. The zero-order chi connectivity index (χ0) is 12.9. The van der Waals surface area contributed by atoms with Gasteiger partial charge in [-0.15, -0.1) is 0 Å². The second-order valence-electron chi connectivity index (χ2n) is 5.98. The number of rotatable bonds is 9. The fraction of sp³-hybridized carbons (Fsp3) is 1.00. The van der Waals surface area contributed by atoms with Crippen LogP contribution < -0.4 is 5.32 Å². The molecule has 0 aromatic carbocycles. The Balaban J connectivity index is 2.55. The summed E-state index contributed by atoms with van der Waals surface area (Å²) < 4.78 is 0. The molecule has 1 aliphatic carbocycles. The molecule has 102 valence electrons. The van der Waals surface area contributed by atoms with E-state index in [9.17, 15) is 5.11 Å². The number of aliphatic hydroxyl groups excluding tert-OH is 1. The molecule has 0 aliphatic heterocycles. The Morgan fingerprint density at radius 1 is 1.41 bits per heavy atom. The van der Waals surface area contributed by atoms with Crippen LogP contribution in [0.15, 0.2) is 0 Å². The molecule has 0 radical (unpaired) electrons. The van der Waals surface area contributed by atoms with Gasteiger partial charge < -0.3 is 15.3 Å². The molecular formula is C14H30N2O. The second-order valence-corrected chi connectivity index (χ2v) is 5.98. The summed E-state index contributed by atoms with van der Waals surface area (Å²) in [6.07, 6.45) is 5.01. The summed E-state index contributed by atoms with van der Waals surface area (Å²) in [4.78, 5) is 2.37. The number of nitrogens with zero attached hydrogens (tertiary/aromatic N) is 1. The van der Waals surface area contributed by atoms with Crippen LogP contribution in [0.25, 0.3) is 0 Å². The van der Waals surface area contributed by atoms with E-state index in [2.05, 4.69) is 38.0 Å². The molecule has 0 amide bonds. The minimum absolute atomic E-state index is 0.0728. The van der Waals surface area contributed by atoms with Crippen molar-refractivity contribution in [1.82, 2.24) is 10.2 Å². The van der Waals surface area contributed by atoms with Crippen LogP contribution in [0.3, 0.4) is 0 Å². The fourth-order valence-corrected chi connectivity index (χ4v) is 2.72. The highest BCUT2D eigenvalue weighted by Gasteiger charge is 2.45. The quantitative estimate of drug-likeness (QED) is 0.648. The lowest BCUT2D eigenvalue weighted by atomic mass is 9.92. The van der Waals surface area contributed by atoms with Crippen molar-refractivity contribution < 1.29 is 5.11 Å². The summed E-state index contributed by atoms with van der Waals surface area (Å²) in [7, 11) is 2.17. The third-order valence-corrected chi connectivity index (χ3v) is 3.66. The van der Waals surface area contributed by atoms with Crippen LogP contribution in [0.1, 0.15) is 46.5 Å². The number of hydrogen-bond donors (Lipinski definition) is 2. The SMILES string of the molecule is CCCCN(C)CC(CO)(NC(C)C)C1CC1. The molecule has 0 saturated heterocycles. The highest BCUT2D eigenvalue weighted by molar-refractivity contribution is 5.03. The van der Waals surface area contributed by atoms with Crippen molar-refractivity contribution in [2.45, 2.75) is 58.0 Å². The monoisotopic (exact) mass is 242 g/mol. The Labute approximate surface area is 107 Å². The van der Waals surface area contributed by atoms with E-state index in [0.29, 0.717) is 12.0 Å². The molecule has 0 heterocycles. The first-order chi connectivity index (χ1) is 8.04. The maximum Gasteiger partial charge on any atom is 0.0628 e. The molecule has 1 rings (SSSR count). The minimum Gasteiger partial charge on any atom is -0.394 e. The number of likely N-dealkylation sites (N-methyl/N-ethyl adjacent to an activating group) is 1. The van der Waals surface area contributed by atoms with Crippen LogP contribution >= 0.6 is 0 Å². The maximum atomic E-state index is 9.82. The van der Waals surface area contributed by atoms with Gasteiger partial charge in [-0.1, -0.05) is 27.2 Å². The van der Waals surface area contributed by atoms with Crippen LogP contribution in [0.5, 0.6) is 0 Å². The van der Waals surface area contributed by atoms with Crippen LogP contribution in [-0.4, -0.2) is 48.3 Å². The Morgan fingerprint density at radius 3 is 2.47 bits per heavy atom. The van der Waals surface area contributed by atoms with Gasteiger partial charge in [0.2, 0.25) is 0 Å². The second kappa shape index (κ2) is 6.72.